The Morgan fingerprint density at radius 1 is 0.284 bits per heavy atom. The lowest BCUT2D eigenvalue weighted by atomic mass is 9.81. The van der Waals surface area contributed by atoms with Crippen LogP contribution in [0.4, 0.5) is 0 Å². The van der Waals surface area contributed by atoms with Gasteiger partial charge in [-0.25, -0.2) is 0 Å². The van der Waals surface area contributed by atoms with Crippen molar-refractivity contribution in [2.45, 2.75) is 38.5 Å². The van der Waals surface area contributed by atoms with Crippen molar-refractivity contribution in [3.63, 3.8) is 0 Å². The third-order valence-corrected chi connectivity index (χ3v) is 16.3. The SMILES string of the molecule is COc1cc(OC)c2c(-c3ccccc3)c3oc2c1C(c1ccc(C)cc1)c1oc2c(c(OC)cc(OC)c2c1-c1ccccc1)C(c1ccc(C)cc1)c1oc2c(c(OC)cc(OC)c2c1-c1ccccc1)C3c1ccc(C)cc1. The predicted octanol–water partition coefficient (Wildman–Crippen LogP) is 17.8. The Labute approximate surface area is 470 Å². The molecular weight excluding hydrogens is 1010 g/mol. The molecule has 0 radical (unpaired) electrons. The zero-order chi connectivity index (χ0) is 55.6. The van der Waals surface area contributed by atoms with Gasteiger partial charge < -0.3 is 41.7 Å². The van der Waals surface area contributed by atoms with Crippen LogP contribution in [0.5, 0.6) is 34.5 Å². The number of benzene rings is 9. The van der Waals surface area contributed by atoms with E-state index in [1.165, 1.54) is 0 Å². The number of hydrogen-bond donors (Lipinski definition) is 0. The molecule has 12 bridgehead atoms. The van der Waals surface area contributed by atoms with Crippen LogP contribution in [0, 0.1) is 20.8 Å². The van der Waals surface area contributed by atoms with Crippen LogP contribution < -0.4 is 28.4 Å². The maximum absolute atomic E-state index is 7.99. The average molecular weight is 1070 g/mol. The van der Waals surface area contributed by atoms with Crippen molar-refractivity contribution in [3.8, 4) is 67.9 Å². The number of methoxy groups -OCH3 is 6. The number of rotatable bonds is 12. The topological polar surface area (TPSA) is 94.8 Å². The van der Waals surface area contributed by atoms with Crippen molar-refractivity contribution in [3.05, 3.63) is 249 Å². The number of aryl methyl sites for hydroxylation is 3. The summed E-state index contributed by atoms with van der Waals surface area (Å²) in [6.07, 6.45) is 0. The minimum atomic E-state index is -0.694. The van der Waals surface area contributed by atoms with Crippen LogP contribution in [-0.2, 0) is 0 Å². The number of fused-ring (bicyclic) bond motifs is 3. The summed E-state index contributed by atoms with van der Waals surface area (Å²) < 4.78 is 63.5. The summed E-state index contributed by atoms with van der Waals surface area (Å²) in [7, 11) is 10.2. The quantitative estimate of drug-likeness (QED) is 0.119. The van der Waals surface area contributed by atoms with Crippen molar-refractivity contribution in [2.75, 3.05) is 42.7 Å². The first-order valence-electron chi connectivity index (χ1n) is 27.2. The van der Waals surface area contributed by atoms with Crippen LogP contribution in [0.2, 0.25) is 0 Å². The lowest BCUT2D eigenvalue weighted by molar-refractivity contribution is 0.389. The van der Waals surface area contributed by atoms with E-state index < -0.39 is 17.8 Å². The molecule has 3 unspecified atom stereocenters. The highest BCUT2D eigenvalue weighted by Crippen LogP contribution is 2.60. The second-order valence-electron chi connectivity index (χ2n) is 20.8. The fourth-order valence-electron chi connectivity index (χ4n) is 12.5. The number of hydrogen-bond acceptors (Lipinski definition) is 9. The molecule has 0 N–H and O–H groups in total. The largest absolute Gasteiger partial charge is 0.496 e. The van der Waals surface area contributed by atoms with Gasteiger partial charge in [0, 0.05) is 34.9 Å². The second kappa shape index (κ2) is 20.6. The zero-order valence-electron chi connectivity index (χ0n) is 46.7. The Hall–Kier alpha value is -9.60. The van der Waals surface area contributed by atoms with Crippen LogP contribution in [-0.4, -0.2) is 42.7 Å². The molecule has 0 spiro atoms. The van der Waals surface area contributed by atoms with Crippen LogP contribution in [0.1, 0.15) is 85.1 Å². The van der Waals surface area contributed by atoms with Crippen LogP contribution >= 0.6 is 0 Å². The zero-order valence-corrected chi connectivity index (χ0v) is 46.7. The lowest BCUT2D eigenvalue weighted by Crippen LogP contribution is -2.08. The molecule has 9 aromatic carbocycles. The smallest absolute Gasteiger partial charge is 0.146 e. The number of furan rings is 3. The van der Waals surface area contributed by atoms with Gasteiger partial charge in [-0.2, -0.15) is 0 Å². The van der Waals surface area contributed by atoms with E-state index in [1.807, 2.05) is 36.4 Å². The van der Waals surface area contributed by atoms with Crippen LogP contribution in [0.15, 0.2) is 195 Å². The monoisotopic (exact) mass is 1070 g/mol. The minimum Gasteiger partial charge on any atom is -0.496 e. The summed E-state index contributed by atoms with van der Waals surface area (Å²) in [5, 5.41) is 2.25. The summed E-state index contributed by atoms with van der Waals surface area (Å²) in [5.41, 5.74) is 15.2. The number of ether oxygens (including phenoxy) is 6. The highest BCUT2D eigenvalue weighted by molar-refractivity contribution is 6.09. The molecule has 0 saturated carbocycles. The molecule has 81 heavy (non-hydrogen) atoms. The molecule has 3 heterocycles. The normalized spacial score (nSPS) is 14.9. The molecule has 3 atom stereocenters. The van der Waals surface area contributed by atoms with Crippen molar-refractivity contribution in [1.82, 2.24) is 0 Å². The van der Waals surface area contributed by atoms with Crippen molar-refractivity contribution in [1.29, 1.82) is 0 Å². The van der Waals surface area contributed by atoms with Gasteiger partial charge >= 0.3 is 0 Å². The molecule has 0 saturated heterocycles. The van der Waals surface area contributed by atoms with Gasteiger partial charge in [0.25, 0.3) is 0 Å². The van der Waals surface area contributed by atoms with Gasteiger partial charge in [-0.05, 0) is 54.2 Å². The predicted molar refractivity (Wildman–Crippen MR) is 321 cm³/mol. The first-order chi connectivity index (χ1) is 39.7. The van der Waals surface area contributed by atoms with Gasteiger partial charge in [-0.1, -0.05) is 180 Å². The third-order valence-electron chi connectivity index (χ3n) is 16.3. The molecule has 9 nitrogen and oxygen atoms in total. The second-order valence-corrected chi connectivity index (χ2v) is 20.8. The van der Waals surface area contributed by atoms with Crippen LogP contribution in [0.25, 0.3) is 66.3 Å². The summed E-state index contributed by atoms with van der Waals surface area (Å²) in [6, 6.07) is 63.0. The molecule has 0 fully saturated rings. The molecular formula is C72H60O9. The molecule has 3 aromatic heterocycles. The Morgan fingerprint density at radius 3 is 0.741 bits per heavy atom. The van der Waals surface area contributed by atoms with Gasteiger partial charge in [0.15, 0.2) is 0 Å². The third kappa shape index (κ3) is 8.20. The maximum Gasteiger partial charge on any atom is 0.146 e. The van der Waals surface area contributed by atoms with Gasteiger partial charge in [0.05, 0.1) is 93.3 Å². The van der Waals surface area contributed by atoms with E-state index >= 15 is 0 Å². The van der Waals surface area contributed by atoms with E-state index in [0.29, 0.717) is 68.5 Å². The molecule has 402 valence electrons. The molecule has 1 aliphatic rings. The summed E-state index contributed by atoms with van der Waals surface area (Å²) >= 11 is 0. The Balaban J connectivity index is 1.37. The van der Waals surface area contributed by atoms with Gasteiger partial charge in [-0.3, -0.25) is 0 Å². The Kier molecular flexibility index (Phi) is 12.9. The fourth-order valence-corrected chi connectivity index (χ4v) is 12.5. The van der Waals surface area contributed by atoms with Crippen LogP contribution in [0.3, 0.4) is 0 Å². The van der Waals surface area contributed by atoms with Crippen molar-refractivity contribution >= 4 is 32.9 Å². The summed E-state index contributed by atoms with van der Waals surface area (Å²) in [6.45, 7) is 6.30. The molecule has 0 aliphatic heterocycles. The minimum absolute atomic E-state index is 0.537. The van der Waals surface area contributed by atoms with Gasteiger partial charge in [0.2, 0.25) is 0 Å². The molecule has 13 rings (SSSR count). The molecule has 9 heteroatoms. The van der Waals surface area contributed by atoms with Crippen molar-refractivity contribution < 1.29 is 41.7 Å². The fraction of sp³-hybridized carbons (Fsp3) is 0.167. The standard InChI is InChI=1S/C72H60O9/c1-40-25-31-46(32-26-40)58-64-52(76-7)37-49(73-4)62-56(44-21-15-11-16-22-44)68(80-70(62)64)60(48-35-29-42(3)30-36-48)66-54(78-9)39-51(75-6)63-57(45-23-17-12-18-24-45)69(81-72(63)66)59(47-33-27-41(2)28-34-47)65-53(77-8)38-50(74-5)61-55(67(58)79-71(61)65)43-19-13-10-14-20-43/h10-39,58-60H,1-9H3. The Morgan fingerprint density at radius 2 is 0.519 bits per heavy atom. The van der Waals surface area contributed by atoms with E-state index in [4.69, 9.17) is 41.7 Å². The first-order valence-corrected chi connectivity index (χ1v) is 27.2. The molecule has 0 amide bonds. The summed E-state index contributed by atoms with van der Waals surface area (Å²) in [4.78, 5) is 0. The average Bonchev–Trinajstić information content (AvgIpc) is 2.95. The molecule has 1 aliphatic carbocycles. The van der Waals surface area contributed by atoms with E-state index in [2.05, 4.69) is 166 Å². The highest BCUT2D eigenvalue weighted by Gasteiger charge is 2.43. The van der Waals surface area contributed by atoms with E-state index in [9.17, 15) is 0 Å². The highest BCUT2D eigenvalue weighted by atomic mass is 16.5. The first kappa shape index (κ1) is 50.9. The van der Waals surface area contributed by atoms with E-state index in [1.54, 1.807) is 42.7 Å². The lowest BCUT2D eigenvalue weighted by Gasteiger charge is -2.22. The van der Waals surface area contributed by atoms with E-state index in [0.717, 1.165) is 99.6 Å². The van der Waals surface area contributed by atoms with E-state index in [-0.39, 0.29) is 0 Å². The maximum atomic E-state index is 7.99. The molecule has 12 aromatic rings. The van der Waals surface area contributed by atoms with Crippen molar-refractivity contribution in [2.24, 2.45) is 0 Å². The summed E-state index contributed by atoms with van der Waals surface area (Å²) in [5.74, 6) is 3.09. The van der Waals surface area contributed by atoms with Gasteiger partial charge in [0.1, 0.15) is 68.5 Å². The Bertz CT molecular complexity index is 3860. The van der Waals surface area contributed by atoms with Gasteiger partial charge in [-0.15, -0.1) is 0 Å².